The van der Waals surface area contributed by atoms with Crippen LogP contribution in [-0.2, 0) is 14.6 Å². The van der Waals surface area contributed by atoms with Gasteiger partial charge in [-0.15, -0.1) is 0 Å². The number of nitriles is 1. The Balaban J connectivity index is 1.93. The molecule has 1 saturated carbocycles. The highest BCUT2D eigenvalue weighted by atomic mass is 32.2. The van der Waals surface area contributed by atoms with E-state index in [4.69, 9.17) is 5.26 Å². The number of piperidine rings is 1. The van der Waals surface area contributed by atoms with Gasteiger partial charge in [-0.2, -0.15) is 5.26 Å². The molecule has 1 aliphatic carbocycles. The normalized spacial score (nSPS) is 24.6. The first-order valence-corrected chi connectivity index (χ1v) is 10.7. The van der Waals surface area contributed by atoms with E-state index in [0.717, 1.165) is 38.6 Å². The smallest absolute Gasteiger partial charge is 0.224 e. The molecular weight excluding hydrogens is 350 g/mol. The molecular formula is C19H25N3O3S. The number of sulfone groups is 1. The van der Waals surface area contributed by atoms with Crippen molar-refractivity contribution in [1.82, 2.24) is 10.6 Å². The Hall–Kier alpha value is -1.91. The fraction of sp³-hybridized carbons (Fsp3) is 0.579. The molecule has 6 nitrogen and oxygen atoms in total. The molecule has 0 unspecified atom stereocenters. The lowest BCUT2D eigenvalue weighted by molar-refractivity contribution is -0.127. The van der Waals surface area contributed by atoms with Crippen LogP contribution in [0.5, 0.6) is 0 Å². The van der Waals surface area contributed by atoms with Crippen molar-refractivity contribution in [2.45, 2.75) is 54.7 Å². The minimum absolute atomic E-state index is 0.0872. The maximum absolute atomic E-state index is 13.4. The van der Waals surface area contributed by atoms with E-state index in [1.807, 2.05) is 6.07 Å². The fourth-order valence-electron chi connectivity index (χ4n) is 3.93. The summed E-state index contributed by atoms with van der Waals surface area (Å²) in [5.74, 6) is -0.267. The van der Waals surface area contributed by atoms with E-state index in [0.29, 0.717) is 18.4 Å². The zero-order valence-corrected chi connectivity index (χ0v) is 15.6. The molecule has 2 aliphatic rings. The fourth-order valence-corrected chi connectivity index (χ4v) is 5.86. The summed E-state index contributed by atoms with van der Waals surface area (Å²) in [4.78, 5) is 11.6. The average molecular weight is 375 g/mol. The summed E-state index contributed by atoms with van der Waals surface area (Å²) in [6.45, 7) is 0.916. The van der Waals surface area contributed by atoms with Gasteiger partial charge in [0.05, 0.1) is 16.5 Å². The number of nitrogens with zero attached hydrogens (tertiary/aromatic N) is 1. The van der Waals surface area contributed by atoms with Crippen LogP contribution in [0.3, 0.4) is 0 Å². The third-order valence-electron chi connectivity index (χ3n) is 5.46. The van der Waals surface area contributed by atoms with Crippen LogP contribution in [0, 0.1) is 17.2 Å². The van der Waals surface area contributed by atoms with Crippen LogP contribution >= 0.6 is 0 Å². The predicted octanol–water partition coefficient (Wildman–Crippen LogP) is 2.11. The van der Waals surface area contributed by atoms with Gasteiger partial charge in [-0.1, -0.05) is 25.3 Å². The Bertz CT molecular complexity index is 802. The van der Waals surface area contributed by atoms with Crippen molar-refractivity contribution >= 4 is 15.7 Å². The van der Waals surface area contributed by atoms with E-state index >= 15 is 0 Å². The highest BCUT2D eigenvalue weighted by Crippen LogP contribution is 2.32. The Labute approximate surface area is 154 Å². The third kappa shape index (κ3) is 3.62. The van der Waals surface area contributed by atoms with Gasteiger partial charge in [-0.3, -0.25) is 4.79 Å². The number of nitrogens with one attached hydrogen (secondary N) is 2. The molecule has 1 aliphatic heterocycles. The lowest BCUT2D eigenvalue weighted by atomic mass is 9.88. The quantitative estimate of drug-likeness (QED) is 0.840. The maximum Gasteiger partial charge on any atom is 0.224 e. The van der Waals surface area contributed by atoms with Crippen LogP contribution in [-0.4, -0.2) is 32.3 Å². The molecule has 0 bridgehead atoms. The first-order chi connectivity index (χ1) is 12.5. The minimum atomic E-state index is -3.84. The molecule has 1 saturated heterocycles. The van der Waals surface area contributed by atoms with E-state index in [2.05, 4.69) is 10.6 Å². The minimum Gasteiger partial charge on any atom is -0.335 e. The van der Waals surface area contributed by atoms with Gasteiger partial charge >= 0.3 is 0 Å². The summed E-state index contributed by atoms with van der Waals surface area (Å²) < 4.78 is 26.9. The van der Waals surface area contributed by atoms with Crippen LogP contribution in [0.1, 0.15) is 50.5 Å². The van der Waals surface area contributed by atoms with Crippen molar-refractivity contribution in [3.05, 3.63) is 29.8 Å². The highest BCUT2D eigenvalue weighted by molar-refractivity contribution is 7.92. The lowest BCUT2D eigenvalue weighted by Gasteiger charge is -2.39. The number of carbonyl (C=O) groups is 1. The van der Waals surface area contributed by atoms with Crippen molar-refractivity contribution in [2.75, 3.05) is 13.1 Å². The van der Waals surface area contributed by atoms with Gasteiger partial charge in [0.25, 0.3) is 0 Å². The van der Waals surface area contributed by atoms with Crippen LogP contribution in [0.4, 0.5) is 0 Å². The molecule has 26 heavy (non-hydrogen) atoms. The van der Waals surface area contributed by atoms with Crippen LogP contribution in [0.2, 0.25) is 0 Å². The predicted molar refractivity (Wildman–Crippen MR) is 97.9 cm³/mol. The Morgan fingerprint density at radius 3 is 2.65 bits per heavy atom. The number of rotatable bonds is 4. The Morgan fingerprint density at radius 2 is 2.00 bits per heavy atom. The highest BCUT2D eigenvalue weighted by Gasteiger charge is 2.47. The SMILES string of the molecule is N#Cc1cccc(S(=O)(=O)[C@@]2(NC(=O)C3CCCCC3)CCCNC2)c1. The van der Waals surface area contributed by atoms with Gasteiger partial charge in [0.2, 0.25) is 15.7 Å². The largest absolute Gasteiger partial charge is 0.335 e. The second-order valence-corrected chi connectivity index (χ2v) is 9.50. The summed E-state index contributed by atoms with van der Waals surface area (Å²) >= 11 is 0. The van der Waals surface area contributed by atoms with Crippen molar-refractivity contribution in [3.63, 3.8) is 0 Å². The van der Waals surface area contributed by atoms with Crippen molar-refractivity contribution < 1.29 is 13.2 Å². The topological polar surface area (TPSA) is 99.1 Å². The van der Waals surface area contributed by atoms with Crippen molar-refractivity contribution in [1.29, 1.82) is 5.26 Å². The summed E-state index contributed by atoms with van der Waals surface area (Å²) in [5.41, 5.74) is 0.295. The molecule has 1 aromatic rings. The molecule has 3 rings (SSSR count). The van der Waals surface area contributed by atoms with Gasteiger partial charge in [0.1, 0.15) is 0 Å². The molecule has 2 fully saturated rings. The van der Waals surface area contributed by atoms with E-state index in [9.17, 15) is 13.2 Å². The second kappa shape index (κ2) is 7.77. The number of carbonyl (C=O) groups excluding carboxylic acids is 1. The van der Waals surface area contributed by atoms with E-state index < -0.39 is 14.7 Å². The third-order valence-corrected chi connectivity index (χ3v) is 7.81. The van der Waals surface area contributed by atoms with Crippen molar-refractivity contribution in [3.8, 4) is 6.07 Å². The van der Waals surface area contributed by atoms with Gasteiger partial charge in [0, 0.05) is 12.5 Å². The van der Waals surface area contributed by atoms with Gasteiger partial charge in [-0.05, 0) is 50.4 Å². The Kier molecular flexibility index (Phi) is 5.64. The summed E-state index contributed by atoms with van der Waals surface area (Å²) in [6.07, 6.45) is 5.84. The zero-order valence-electron chi connectivity index (χ0n) is 14.8. The van der Waals surface area contributed by atoms with Crippen LogP contribution < -0.4 is 10.6 Å². The molecule has 1 aromatic carbocycles. The molecule has 140 valence electrons. The van der Waals surface area contributed by atoms with Gasteiger partial charge in [-0.25, -0.2) is 8.42 Å². The zero-order chi connectivity index (χ0) is 18.6. The molecule has 1 atom stereocenters. The number of benzene rings is 1. The summed E-state index contributed by atoms with van der Waals surface area (Å²) in [5, 5.41) is 15.1. The molecule has 0 aromatic heterocycles. The lowest BCUT2D eigenvalue weighted by Crippen LogP contribution is -2.63. The van der Waals surface area contributed by atoms with Gasteiger partial charge < -0.3 is 10.6 Å². The molecule has 0 radical (unpaired) electrons. The monoisotopic (exact) mass is 375 g/mol. The van der Waals surface area contributed by atoms with E-state index in [1.165, 1.54) is 12.1 Å². The number of amides is 1. The van der Waals surface area contributed by atoms with Crippen molar-refractivity contribution in [2.24, 2.45) is 5.92 Å². The summed E-state index contributed by atoms with van der Waals surface area (Å²) in [6, 6.07) is 8.01. The molecule has 7 heteroatoms. The standard InChI is InChI=1S/C19H25N3O3S/c20-13-15-6-4-9-17(12-15)26(24,25)19(10-5-11-21-14-19)22-18(23)16-7-2-1-3-8-16/h4,6,9,12,16,21H,1-3,5,7-8,10-11,14H2,(H,22,23)/t19-/m0/s1. The first kappa shape index (κ1) is 18.9. The first-order valence-electron chi connectivity index (χ1n) is 9.26. The number of hydrogen-bond donors (Lipinski definition) is 2. The Morgan fingerprint density at radius 1 is 1.23 bits per heavy atom. The van der Waals surface area contributed by atoms with Crippen LogP contribution in [0.25, 0.3) is 0 Å². The van der Waals surface area contributed by atoms with Crippen LogP contribution in [0.15, 0.2) is 29.2 Å². The summed E-state index contributed by atoms with van der Waals surface area (Å²) in [7, 11) is -3.84. The average Bonchev–Trinajstić information content (AvgIpc) is 2.69. The molecule has 2 N–H and O–H groups in total. The number of hydrogen-bond acceptors (Lipinski definition) is 5. The van der Waals surface area contributed by atoms with E-state index in [-0.39, 0.29) is 23.3 Å². The van der Waals surface area contributed by atoms with Gasteiger partial charge in [0.15, 0.2) is 4.87 Å². The second-order valence-electron chi connectivity index (χ2n) is 7.24. The maximum atomic E-state index is 13.4. The molecule has 0 spiro atoms. The van der Waals surface area contributed by atoms with E-state index in [1.54, 1.807) is 12.1 Å². The molecule has 1 heterocycles. The molecule has 1 amide bonds.